The number of esters is 1. The second-order valence-electron chi connectivity index (χ2n) is 16.6. The topological polar surface area (TPSA) is 155 Å². The third kappa shape index (κ3) is 44.3. The molecule has 0 aliphatic rings. The molecule has 0 aliphatic carbocycles. The van der Waals surface area contributed by atoms with E-state index in [9.17, 15) is 19.0 Å². The Hall–Kier alpha value is -1.81. The summed E-state index contributed by atoms with van der Waals surface area (Å²) in [5.41, 5.74) is 5.37. The molecule has 0 rings (SSSR count). The van der Waals surface area contributed by atoms with Gasteiger partial charge in [-0.2, -0.15) is 0 Å². The van der Waals surface area contributed by atoms with Crippen LogP contribution in [0.3, 0.4) is 0 Å². The van der Waals surface area contributed by atoms with E-state index < -0.39 is 45.1 Å². The zero-order valence-corrected chi connectivity index (χ0v) is 39.5. The van der Waals surface area contributed by atoms with Crippen molar-refractivity contribution in [3.05, 3.63) is 36.5 Å². The number of unbranched alkanes of at least 4 members (excludes halogenated alkanes) is 27. The van der Waals surface area contributed by atoms with Gasteiger partial charge in [-0.1, -0.05) is 211 Å². The smallest absolute Gasteiger partial charge is 0.472 e. The van der Waals surface area contributed by atoms with Gasteiger partial charge in [-0.05, 0) is 44.9 Å². The number of aliphatic carboxylic acids is 1. The van der Waals surface area contributed by atoms with Crippen molar-refractivity contribution < 1.29 is 42.7 Å². The predicted molar refractivity (Wildman–Crippen MR) is 249 cm³/mol. The molecule has 0 heterocycles. The van der Waals surface area contributed by atoms with Crippen molar-refractivity contribution in [3.63, 3.8) is 0 Å². The Balaban J connectivity index is 4.13. The molecular weight excluding hydrogens is 778 g/mol. The van der Waals surface area contributed by atoms with Gasteiger partial charge in [0.25, 0.3) is 0 Å². The summed E-state index contributed by atoms with van der Waals surface area (Å²) in [7, 11) is -4.62. The molecule has 60 heavy (non-hydrogen) atoms. The first-order chi connectivity index (χ1) is 29.2. The van der Waals surface area contributed by atoms with E-state index in [0.29, 0.717) is 13.0 Å². The zero-order valence-electron chi connectivity index (χ0n) is 38.6. The molecule has 0 aromatic rings. The highest BCUT2D eigenvalue weighted by Gasteiger charge is 2.27. The molecule has 3 atom stereocenters. The molecule has 4 N–H and O–H groups in total. The maximum Gasteiger partial charge on any atom is 0.472 e. The molecule has 0 aromatic heterocycles. The highest BCUT2D eigenvalue weighted by molar-refractivity contribution is 7.47. The van der Waals surface area contributed by atoms with Gasteiger partial charge >= 0.3 is 19.8 Å². The summed E-state index contributed by atoms with van der Waals surface area (Å²) in [6.45, 7) is 3.80. The van der Waals surface area contributed by atoms with Crippen molar-refractivity contribution in [2.24, 2.45) is 5.73 Å². The fraction of sp³-hybridized carbons (Fsp3) is 0.837. The van der Waals surface area contributed by atoms with Crippen molar-refractivity contribution >= 4 is 19.8 Å². The minimum atomic E-state index is -4.62. The first kappa shape index (κ1) is 58.2. The van der Waals surface area contributed by atoms with Crippen molar-refractivity contribution in [1.82, 2.24) is 0 Å². The van der Waals surface area contributed by atoms with E-state index >= 15 is 0 Å². The van der Waals surface area contributed by atoms with Gasteiger partial charge in [0.2, 0.25) is 0 Å². The Morgan fingerprint density at radius 1 is 0.550 bits per heavy atom. The third-order valence-corrected chi connectivity index (χ3v) is 11.6. The number of carbonyl (C=O) groups is 2. The minimum Gasteiger partial charge on any atom is -0.480 e. The number of phosphoric acid groups is 1. The number of rotatable bonds is 47. The minimum absolute atomic E-state index is 0.0160. The molecule has 0 saturated heterocycles. The van der Waals surface area contributed by atoms with Crippen LogP contribution in [0.15, 0.2) is 36.5 Å². The molecule has 0 radical (unpaired) electrons. The quantitative estimate of drug-likeness (QED) is 0.0233. The Morgan fingerprint density at radius 3 is 1.45 bits per heavy atom. The Bertz CT molecular complexity index is 1100. The summed E-state index contributed by atoms with van der Waals surface area (Å²) >= 11 is 0. The van der Waals surface area contributed by atoms with Crippen LogP contribution < -0.4 is 5.73 Å². The van der Waals surface area contributed by atoms with Crippen LogP contribution >= 0.6 is 7.82 Å². The molecule has 0 aromatic carbocycles. The predicted octanol–water partition coefficient (Wildman–Crippen LogP) is 14.0. The van der Waals surface area contributed by atoms with Crippen LogP contribution in [0.5, 0.6) is 0 Å². The zero-order chi connectivity index (χ0) is 44.0. The van der Waals surface area contributed by atoms with Gasteiger partial charge in [0.15, 0.2) is 0 Å². The van der Waals surface area contributed by atoms with Crippen molar-refractivity contribution in [2.75, 3.05) is 26.4 Å². The number of carboxylic acids is 1. The van der Waals surface area contributed by atoms with Crippen LogP contribution in [0.1, 0.15) is 226 Å². The first-order valence-corrected chi connectivity index (χ1v) is 26.0. The monoisotopic (exact) mass is 870 g/mol. The number of ether oxygens (including phenoxy) is 2. The van der Waals surface area contributed by atoms with E-state index in [4.69, 9.17) is 29.4 Å². The molecule has 0 amide bonds. The van der Waals surface area contributed by atoms with Crippen LogP contribution in [0, 0.1) is 0 Å². The van der Waals surface area contributed by atoms with Gasteiger partial charge < -0.3 is 25.2 Å². The molecule has 0 spiro atoms. The SMILES string of the molecule is CC/C=C\C/C=C\C/C=C\CCCCCCCCCC(=O)OC(COCCCCCCCCCCCCCCCCCCCCCCC)COP(=O)(O)OCC(N)C(=O)O. The maximum atomic E-state index is 12.7. The highest BCUT2D eigenvalue weighted by atomic mass is 31.2. The lowest BCUT2D eigenvalue weighted by Crippen LogP contribution is -2.34. The Morgan fingerprint density at radius 2 is 0.967 bits per heavy atom. The molecule has 0 saturated carbocycles. The number of carboxylic acid groups (broad SMARTS) is 1. The highest BCUT2D eigenvalue weighted by Crippen LogP contribution is 2.43. The number of hydrogen-bond acceptors (Lipinski definition) is 8. The normalized spacial score (nSPS) is 14.1. The summed E-state index contributed by atoms with van der Waals surface area (Å²) in [5.74, 6) is -1.78. The first-order valence-electron chi connectivity index (χ1n) is 24.5. The number of phosphoric ester groups is 1. The van der Waals surface area contributed by atoms with Gasteiger partial charge in [-0.25, -0.2) is 4.57 Å². The average Bonchev–Trinajstić information content (AvgIpc) is 3.23. The molecule has 352 valence electrons. The van der Waals surface area contributed by atoms with Gasteiger partial charge in [0.1, 0.15) is 12.1 Å². The van der Waals surface area contributed by atoms with Crippen molar-refractivity contribution in [3.8, 4) is 0 Å². The molecule has 10 nitrogen and oxygen atoms in total. The molecule has 0 fully saturated rings. The molecule has 0 aliphatic heterocycles. The van der Waals surface area contributed by atoms with Crippen LogP contribution in [-0.4, -0.2) is 60.5 Å². The number of nitrogens with two attached hydrogens (primary N) is 1. The summed E-state index contributed by atoms with van der Waals surface area (Å²) in [4.78, 5) is 33.6. The summed E-state index contributed by atoms with van der Waals surface area (Å²) in [6, 6.07) is -1.47. The van der Waals surface area contributed by atoms with Gasteiger partial charge in [0, 0.05) is 13.0 Å². The summed E-state index contributed by atoms with van der Waals surface area (Å²) in [5, 5.41) is 8.92. The Kier molecular flexibility index (Phi) is 43.9. The average molecular weight is 870 g/mol. The molecular formula is C49H92NO9P. The van der Waals surface area contributed by atoms with Crippen molar-refractivity contribution in [2.45, 2.75) is 238 Å². The van der Waals surface area contributed by atoms with Crippen molar-refractivity contribution in [1.29, 1.82) is 0 Å². The van der Waals surface area contributed by atoms with Gasteiger partial charge in [-0.3, -0.25) is 18.6 Å². The number of carbonyl (C=O) groups excluding carboxylic acids is 1. The van der Waals surface area contributed by atoms with Gasteiger partial charge in [0.05, 0.1) is 19.8 Å². The Labute approximate surface area is 367 Å². The lowest BCUT2D eigenvalue weighted by molar-refractivity contribution is -0.154. The molecule has 11 heteroatoms. The third-order valence-electron chi connectivity index (χ3n) is 10.7. The molecule has 3 unspecified atom stereocenters. The summed E-state index contributed by atoms with van der Waals surface area (Å²) in [6.07, 6.45) is 52.0. The van der Waals surface area contributed by atoms with Crippen LogP contribution in [0.2, 0.25) is 0 Å². The molecule has 0 bridgehead atoms. The largest absolute Gasteiger partial charge is 0.480 e. The maximum absolute atomic E-state index is 12.7. The van der Waals surface area contributed by atoms with Crippen LogP contribution in [0.4, 0.5) is 0 Å². The number of hydrogen-bond donors (Lipinski definition) is 3. The van der Waals surface area contributed by atoms with E-state index in [1.165, 1.54) is 135 Å². The van der Waals surface area contributed by atoms with Crippen LogP contribution in [0.25, 0.3) is 0 Å². The van der Waals surface area contributed by atoms with E-state index in [1.54, 1.807) is 0 Å². The lowest BCUT2D eigenvalue weighted by atomic mass is 10.0. The lowest BCUT2D eigenvalue weighted by Gasteiger charge is -2.20. The number of allylic oxidation sites excluding steroid dienone is 6. The standard InChI is InChI=1S/C49H92NO9P/c1-3-5-7-9-11-13-15-17-19-21-22-23-24-26-28-30-32-34-36-38-40-42-56-43-46(44-57-60(54,55)58-45-47(50)49(52)53)59-48(51)41-39-37-35-33-31-29-27-25-20-18-16-14-12-10-8-6-4-2/h6,8,12,14,18,20,46-47H,3-5,7,9-11,13,15-17,19,21-45,50H2,1-2H3,(H,52,53)(H,54,55)/b8-6-,14-12-,20-18-. The summed E-state index contributed by atoms with van der Waals surface area (Å²) < 4.78 is 33.5. The van der Waals surface area contributed by atoms with E-state index in [-0.39, 0.29) is 13.0 Å². The fourth-order valence-electron chi connectivity index (χ4n) is 6.91. The second-order valence-corrected chi connectivity index (χ2v) is 18.0. The van der Waals surface area contributed by atoms with E-state index in [1.807, 2.05) is 0 Å². The van der Waals surface area contributed by atoms with E-state index in [0.717, 1.165) is 64.2 Å². The second kappa shape index (κ2) is 45.2. The fourth-order valence-corrected chi connectivity index (χ4v) is 7.69. The van der Waals surface area contributed by atoms with E-state index in [2.05, 4.69) is 50.3 Å². The van der Waals surface area contributed by atoms with Gasteiger partial charge in [-0.15, -0.1) is 0 Å². The van der Waals surface area contributed by atoms with Crippen LogP contribution in [-0.2, 0) is 32.7 Å².